The number of likely N-dealkylation sites (tertiary alicyclic amines) is 1. The standard InChI is InChI=1S/C31H33Cl2F6N3O2/c1-44-41-28(19-40-24-17-22(30(34,35)36)16-23(18-24)31(37,38)39)25(20-7-8-26(32)27(33)15-20)9-12-42-13-10-29(43,11-14-42)21-5-3-2-4-6-21/h2-8,16-18,20,25,40,43H,9-15,19H2,1H3/b41-28+. The molecule has 0 bridgehead atoms. The van der Waals surface area contributed by atoms with Crippen LogP contribution in [0, 0.1) is 11.8 Å². The summed E-state index contributed by atoms with van der Waals surface area (Å²) >= 11 is 12.6. The van der Waals surface area contributed by atoms with E-state index in [0.717, 1.165) is 5.56 Å². The van der Waals surface area contributed by atoms with Crippen molar-refractivity contribution in [1.82, 2.24) is 4.90 Å². The molecule has 1 aliphatic heterocycles. The number of nitrogens with one attached hydrogen (secondary N) is 1. The van der Waals surface area contributed by atoms with Gasteiger partial charge in [0.15, 0.2) is 0 Å². The van der Waals surface area contributed by atoms with Crippen molar-refractivity contribution < 1.29 is 36.3 Å². The van der Waals surface area contributed by atoms with E-state index in [1.54, 1.807) is 6.08 Å². The predicted molar refractivity (Wildman–Crippen MR) is 159 cm³/mol. The third-order valence-corrected chi connectivity index (χ3v) is 8.94. The van der Waals surface area contributed by atoms with Crippen molar-refractivity contribution in [2.24, 2.45) is 17.0 Å². The zero-order valence-corrected chi connectivity index (χ0v) is 25.4. The van der Waals surface area contributed by atoms with Gasteiger partial charge in [-0.25, -0.2) is 0 Å². The van der Waals surface area contributed by atoms with Gasteiger partial charge in [0.25, 0.3) is 0 Å². The summed E-state index contributed by atoms with van der Waals surface area (Å²) in [5.74, 6) is -0.556. The Hall–Kier alpha value is -2.73. The molecule has 0 spiro atoms. The summed E-state index contributed by atoms with van der Waals surface area (Å²) < 4.78 is 80.5. The van der Waals surface area contributed by atoms with E-state index < -0.39 is 29.1 Å². The number of hydrogen-bond acceptors (Lipinski definition) is 5. The van der Waals surface area contributed by atoms with Crippen molar-refractivity contribution in [1.29, 1.82) is 0 Å². The van der Waals surface area contributed by atoms with E-state index in [1.165, 1.54) is 7.11 Å². The number of alkyl halides is 6. The second kappa shape index (κ2) is 14.1. The number of oxime groups is 1. The van der Waals surface area contributed by atoms with Crippen LogP contribution in [0.5, 0.6) is 0 Å². The van der Waals surface area contributed by atoms with Crippen LogP contribution in [0.2, 0.25) is 0 Å². The molecule has 2 aliphatic rings. The number of hydrogen-bond donors (Lipinski definition) is 2. The van der Waals surface area contributed by atoms with Gasteiger partial charge in [0, 0.05) is 29.7 Å². The molecule has 1 heterocycles. The third kappa shape index (κ3) is 8.71. The molecule has 13 heteroatoms. The maximum absolute atomic E-state index is 13.4. The lowest BCUT2D eigenvalue weighted by Gasteiger charge is -2.39. The lowest BCUT2D eigenvalue weighted by Crippen LogP contribution is -2.44. The second-order valence-corrected chi connectivity index (χ2v) is 11.9. The van der Waals surface area contributed by atoms with E-state index in [4.69, 9.17) is 28.0 Å². The van der Waals surface area contributed by atoms with Crippen LogP contribution in [0.15, 0.2) is 75.9 Å². The maximum Gasteiger partial charge on any atom is 0.416 e. The van der Waals surface area contributed by atoms with Crippen LogP contribution in [-0.2, 0) is 22.8 Å². The summed E-state index contributed by atoms with van der Waals surface area (Å²) in [4.78, 5) is 7.29. The normalized spacial score (nSPS) is 20.5. The van der Waals surface area contributed by atoms with Crippen molar-refractivity contribution in [2.75, 3.05) is 38.6 Å². The SMILES string of the molecule is CO/N=C(\CNc1cc(C(F)(F)F)cc(C(F)(F)F)c1)C(CCN1CCC(O)(c2ccccc2)CC1)C1C=CC(Cl)=C(Cl)C1. The Morgan fingerprint density at radius 2 is 1.66 bits per heavy atom. The summed E-state index contributed by atoms with van der Waals surface area (Å²) in [6.45, 7) is 1.68. The smallest absolute Gasteiger partial charge is 0.399 e. The lowest BCUT2D eigenvalue weighted by atomic mass is 9.80. The van der Waals surface area contributed by atoms with Crippen molar-refractivity contribution >= 4 is 34.6 Å². The van der Waals surface area contributed by atoms with Crippen LogP contribution in [0.1, 0.15) is 42.4 Å². The molecule has 0 saturated carbocycles. The van der Waals surface area contributed by atoms with Gasteiger partial charge in [-0.3, -0.25) is 0 Å². The molecular formula is C31H33Cl2F6N3O2. The van der Waals surface area contributed by atoms with Gasteiger partial charge >= 0.3 is 12.4 Å². The van der Waals surface area contributed by atoms with Gasteiger partial charge in [0.05, 0.1) is 34.0 Å². The van der Waals surface area contributed by atoms with E-state index in [0.29, 0.717) is 73.2 Å². The quantitative estimate of drug-likeness (QED) is 0.152. The monoisotopic (exact) mass is 663 g/mol. The molecule has 0 radical (unpaired) electrons. The van der Waals surface area contributed by atoms with Crippen molar-refractivity contribution in [3.05, 3.63) is 87.4 Å². The molecular weight excluding hydrogens is 631 g/mol. The van der Waals surface area contributed by atoms with E-state index in [9.17, 15) is 31.4 Å². The molecule has 240 valence electrons. The van der Waals surface area contributed by atoms with Gasteiger partial charge in [-0.1, -0.05) is 64.8 Å². The topological polar surface area (TPSA) is 57.1 Å². The molecule has 5 nitrogen and oxygen atoms in total. The Balaban J connectivity index is 1.52. The Kier molecular flexibility index (Phi) is 11.0. The first-order valence-electron chi connectivity index (χ1n) is 14.1. The van der Waals surface area contributed by atoms with Gasteiger partial charge in [-0.2, -0.15) is 26.3 Å². The second-order valence-electron chi connectivity index (χ2n) is 11.0. The molecule has 2 N–H and O–H groups in total. The number of aliphatic hydroxyl groups is 1. The molecule has 1 fully saturated rings. The predicted octanol–water partition coefficient (Wildman–Crippen LogP) is 8.39. The average Bonchev–Trinajstić information content (AvgIpc) is 2.98. The number of allylic oxidation sites excluding steroid dienone is 4. The van der Waals surface area contributed by atoms with Crippen LogP contribution in [0.3, 0.4) is 0 Å². The third-order valence-electron chi connectivity index (χ3n) is 8.13. The van der Waals surface area contributed by atoms with E-state index in [-0.39, 0.29) is 30.1 Å². The molecule has 44 heavy (non-hydrogen) atoms. The summed E-state index contributed by atoms with van der Waals surface area (Å²) in [6, 6.07) is 10.8. The largest absolute Gasteiger partial charge is 0.416 e. The minimum Gasteiger partial charge on any atom is -0.399 e. The van der Waals surface area contributed by atoms with Gasteiger partial charge in [0.1, 0.15) is 7.11 Å². The molecule has 2 aromatic rings. The highest BCUT2D eigenvalue weighted by Gasteiger charge is 2.38. The van der Waals surface area contributed by atoms with E-state index in [2.05, 4.69) is 15.4 Å². The Morgan fingerprint density at radius 3 is 2.20 bits per heavy atom. The van der Waals surface area contributed by atoms with Crippen molar-refractivity contribution in [3.63, 3.8) is 0 Å². The van der Waals surface area contributed by atoms with Gasteiger partial charge < -0.3 is 20.2 Å². The Morgan fingerprint density at radius 1 is 1.05 bits per heavy atom. The fourth-order valence-corrected chi connectivity index (χ4v) is 6.07. The number of rotatable bonds is 10. The molecule has 2 unspecified atom stereocenters. The van der Waals surface area contributed by atoms with Crippen molar-refractivity contribution in [3.8, 4) is 0 Å². The van der Waals surface area contributed by atoms with Crippen molar-refractivity contribution in [2.45, 2.75) is 43.6 Å². The zero-order valence-electron chi connectivity index (χ0n) is 23.9. The number of piperidine rings is 1. The van der Waals surface area contributed by atoms with Gasteiger partial charge in [0.2, 0.25) is 0 Å². The Labute approximate surface area is 262 Å². The first-order valence-corrected chi connectivity index (χ1v) is 14.8. The van der Waals surface area contributed by atoms with Gasteiger partial charge in [-0.05, 0) is 68.0 Å². The molecule has 2 atom stereocenters. The molecule has 1 aliphatic carbocycles. The summed E-state index contributed by atoms with van der Waals surface area (Å²) in [5.41, 5.74) is -2.85. The number of anilines is 1. The fourth-order valence-electron chi connectivity index (χ4n) is 5.68. The minimum absolute atomic E-state index is 0.0838. The molecule has 1 saturated heterocycles. The molecule has 2 aromatic carbocycles. The van der Waals surface area contributed by atoms with Crippen LogP contribution in [0.4, 0.5) is 32.0 Å². The highest BCUT2D eigenvalue weighted by Crippen LogP contribution is 2.39. The zero-order chi connectivity index (χ0) is 32.1. The lowest BCUT2D eigenvalue weighted by molar-refractivity contribution is -0.143. The highest BCUT2D eigenvalue weighted by molar-refractivity contribution is 6.40. The molecule has 4 rings (SSSR count). The van der Waals surface area contributed by atoms with Crippen LogP contribution in [0.25, 0.3) is 0 Å². The average molecular weight is 665 g/mol. The number of halogens is 8. The number of nitrogens with zero attached hydrogens (tertiary/aromatic N) is 2. The molecule has 0 amide bonds. The summed E-state index contributed by atoms with van der Waals surface area (Å²) in [6.07, 6.45) is -4.42. The first kappa shape index (κ1) is 34.1. The van der Waals surface area contributed by atoms with E-state index >= 15 is 0 Å². The fraction of sp³-hybridized carbons (Fsp3) is 0.452. The highest BCUT2D eigenvalue weighted by atomic mass is 35.5. The minimum atomic E-state index is -4.97. The maximum atomic E-state index is 13.4. The van der Waals surface area contributed by atoms with Crippen LogP contribution >= 0.6 is 23.2 Å². The molecule has 0 aromatic heterocycles. The van der Waals surface area contributed by atoms with Crippen LogP contribution in [-0.4, -0.2) is 49.0 Å². The van der Waals surface area contributed by atoms with Gasteiger partial charge in [-0.15, -0.1) is 0 Å². The number of benzene rings is 2. The van der Waals surface area contributed by atoms with E-state index in [1.807, 2.05) is 36.4 Å². The first-order chi connectivity index (χ1) is 20.7. The van der Waals surface area contributed by atoms with Crippen LogP contribution < -0.4 is 5.32 Å². The summed E-state index contributed by atoms with van der Waals surface area (Å²) in [5, 5.41) is 18.9. The Bertz CT molecular complexity index is 1340. The summed E-state index contributed by atoms with van der Waals surface area (Å²) in [7, 11) is 1.32.